The van der Waals surface area contributed by atoms with Crippen LogP contribution in [-0.4, -0.2) is 25.9 Å². The summed E-state index contributed by atoms with van der Waals surface area (Å²) in [6.45, 7) is 5.89. The second kappa shape index (κ2) is 10.4. The van der Waals surface area contributed by atoms with Gasteiger partial charge < -0.3 is 10.1 Å². The molecule has 1 atom stereocenters. The lowest BCUT2D eigenvalue weighted by atomic mass is 10.2. The van der Waals surface area contributed by atoms with Crippen LogP contribution < -0.4 is 10.1 Å². The number of amides is 1. The number of carbonyl (C=O) groups is 1. The van der Waals surface area contributed by atoms with Crippen LogP contribution in [0.4, 0.5) is 10.1 Å². The van der Waals surface area contributed by atoms with Crippen molar-refractivity contribution in [2.75, 3.05) is 5.32 Å². The van der Waals surface area contributed by atoms with Gasteiger partial charge in [0.15, 0.2) is 22.5 Å². The number of carbonyl (C=O) groups excluding carboxylic acids is 1. The van der Waals surface area contributed by atoms with Gasteiger partial charge in [0, 0.05) is 6.54 Å². The van der Waals surface area contributed by atoms with Crippen LogP contribution in [0.25, 0.3) is 0 Å². The van der Waals surface area contributed by atoms with E-state index in [9.17, 15) is 14.4 Å². The topological polar surface area (TPSA) is 92.8 Å². The van der Waals surface area contributed by atoms with Gasteiger partial charge in [-0.25, -0.2) is 4.39 Å². The number of benzene rings is 2. The first kappa shape index (κ1) is 22.1. The third-order valence-electron chi connectivity index (χ3n) is 4.26. The molecule has 3 aromatic rings. The maximum atomic E-state index is 13.8. The van der Waals surface area contributed by atoms with E-state index in [0.29, 0.717) is 28.8 Å². The molecule has 9 heteroatoms. The quantitative estimate of drug-likeness (QED) is 0.399. The summed E-state index contributed by atoms with van der Waals surface area (Å²) in [6, 6.07) is 14.9. The number of rotatable bonds is 9. The number of nitrogens with zero attached hydrogens (tertiary/aromatic N) is 4. The molecule has 1 aromatic heterocycles. The summed E-state index contributed by atoms with van der Waals surface area (Å²) < 4.78 is 21.1. The van der Waals surface area contributed by atoms with E-state index in [1.807, 2.05) is 0 Å². The molecular weight excluding hydrogens is 417 g/mol. The molecule has 0 aliphatic rings. The van der Waals surface area contributed by atoms with Crippen molar-refractivity contribution in [1.82, 2.24) is 14.8 Å². The second-order valence-electron chi connectivity index (χ2n) is 6.42. The van der Waals surface area contributed by atoms with E-state index in [1.165, 1.54) is 23.9 Å². The molecule has 1 amide bonds. The Morgan fingerprint density at radius 3 is 2.81 bits per heavy atom. The number of halogens is 1. The van der Waals surface area contributed by atoms with Crippen molar-refractivity contribution in [3.63, 3.8) is 0 Å². The van der Waals surface area contributed by atoms with Gasteiger partial charge in [-0.05, 0) is 31.2 Å². The van der Waals surface area contributed by atoms with Crippen LogP contribution in [0.2, 0.25) is 0 Å². The summed E-state index contributed by atoms with van der Waals surface area (Å²) in [5.41, 5.74) is 0.837. The maximum Gasteiger partial charge on any atom is 0.237 e. The van der Waals surface area contributed by atoms with Crippen molar-refractivity contribution in [1.29, 1.82) is 5.26 Å². The zero-order valence-electron chi connectivity index (χ0n) is 16.8. The molecule has 0 bridgehead atoms. The number of para-hydroxylation sites is 2. The molecule has 0 saturated heterocycles. The number of hydrogen-bond donors (Lipinski definition) is 1. The van der Waals surface area contributed by atoms with Crippen molar-refractivity contribution in [2.24, 2.45) is 0 Å². The largest absolute Gasteiger partial charge is 0.483 e. The van der Waals surface area contributed by atoms with Crippen LogP contribution in [0, 0.1) is 17.1 Å². The molecular formula is C22H20FN5O2S. The van der Waals surface area contributed by atoms with Gasteiger partial charge in [0.2, 0.25) is 5.91 Å². The predicted molar refractivity (Wildman–Crippen MR) is 116 cm³/mol. The number of anilines is 1. The van der Waals surface area contributed by atoms with Gasteiger partial charge in [-0.3, -0.25) is 9.36 Å². The molecule has 0 saturated carbocycles. The van der Waals surface area contributed by atoms with Gasteiger partial charge in [-0.2, -0.15) is 5.26 Å². The highest BCUT2D eigenvalue weighted by Crippen LogP contribution is 2.25. The minimum absolute atomic E-state index is 0.0124. The summed E-state index contributed by atoms with van der Waals surface area (Å²) in [6.07, 6.45) is 1.67. The molecule has 1 heterocycles. The molecule has 1 unspecified atom stereocenters. The number of ether oxygens (including phenoxy) is 1. The number of aromatic nitrogens is 3. The van der Waals surface area contributed by atoms with Crippen molar-refractivity contribution in [3.05, 3.63) is 78.4 Å². The molecule has 0 radical (unpaired) electrons. The number of nitrogens with one attached hydrogen (secondary N) is 1. The SMILES string of the molecule is C=CCn1c(COc2ccccc2F)nnc1SC(C)C(=O)Nc1ccccc1C#N. The molecule has 3 rings (SSSR count). The summed E-state index contributed by atoms with van der Waals surface area (Å²) in [4.78, 5) is 12.6. The van der Waals surface area contributed by atoms with Gasteiger partial charge in [0.1, 0.15) is 12.7 Å². The Morgan fingerprint density at radius 2 is 2.06 bits per heavy atom. The normalized spacial score (nSPS) is 11.4. The smallest absolute Gasteiger partial charge is 0.237 e. The minimum Gasteiger partial charge on any atom is -0.483 e. The van der Waals surface area contributed by atoms with Crippen LogP contribution in [0.1, 0.15) is 18.3 Å². The van der Waals surface area contributed by atoms with Gasteiger partial charge in [-0.1, -0.05) is 42.1 Å². The standard InChI is InChI=1S/C22H20FN5O2S/c1-3-12-28-20(14-30-19-11-7-5-9-17(19)23)26-27-22(28)31-15(2)21(29)25-18-10-6-4-8-16(18)13-24/h3-11,15H,1,12,14H2,2H3,(H,25,29). The van der Waals surface area contributed by atoms with E-state index < -0.39 is 11.1 Å². The molecule has 0 fully saturated rings. The Kier molecular flexibility index (Phi) is 7.40. The fourth-order valence-corrected chi connectivity index (χ4v) is 3.54. The lowest BCUT2D eigenvalue weighted by Gasteiger charge is -2.13. The molecule has 0 aliphatic heterocycles. The first-order chi connectivity index (χ1) is 15.0. The van der Waals surface area contributed by atoms with Crippen LogP contribution in [-0.2, 0) is 17.9 Å². The average molecular weight is 438 g/mol. The van der Waals surface area contributed by atoms with Crippen molar-refractivity contribution in [3.8, 4) is 11.8 Å². The molecule has 31 heavy (non-hydrogen) atoms. The Labute approximate surface area is 183 Å². The van der Waals surface area contributed by atoms with Crippen LogP contribution in [0.3, 0.4) is 0 Å². The van der Waals surface area contributed by atoms with E-state index in [4.69, 9.17) is 4.74 Å². The zero-order chi connectivity index (χ0) is 22.2. The fourth-order valence-electron chi connectivity index (χ4n) is 2.67. The number of hydrogen-bond acceptors (Lipinski definition) is 6. The molecule has 2 aromatic carbocycles. The zero-order valence-corrected chi connectivity index (χ0v) is 17.6. The van der Waals surface area contributed by atoms with E-state index >= 15 is 0 Å². The van der Waals surface area contributed by atoms with Gasteiger partial charge >= 0.3 is 0 Å². The molecule has 1 N–H and O–H groups in total. The molecule has 158 valence electrons. The Bertz CT molecular complexity index is 1130. The lowest BCUT2D eigenvalue weighted by molar-refractivity contribution is -0.115. The third kappa shape index (κ3) is 5.49. The highest BCUT2D eigenvalue weighted by Gasteiger charge is 2.21. The van der Waals surface area contributed by atoms with Gasteiger partial charge in [0.05, 0.1) is 16.5 Å². The first-order valence-corrected chi connectivity index (χ1v) is 10.3. The Hall–Kier alpha value is -3.64. The van der Waals surface area contributed by atoms with Gasteiger partial charge in [0.25, 0.3) is 0 Å². The van der Waals surface area contributed by atoms with Crippen molar-refractivity contribution < 1.29 is 13.9 Å². The second-order valence-corrected chi connectivity index (χ2v) is 7.73. The van der Waals surface area contributed by atoms with E-state index in [-0.39, 0.29) is 18.3 Å². The van der Waals surface area contributed by atoms with E-state index in [2.05, 4.69) is 28.2 Å². The van der Waals surface area contributed by atoms with Crippen molar-refractivity contribution in [2.45, 2.75) is 30.5 Å². The minimum atomic E-state index is -0.514. The first-order valence-electron chi connectivity index (χ1n) is 9.40. The monoisotopic (exact) mass is 437 g/mol. The predicted octanol–water partition coefficient (Wildman–Crippen LogP) is 4.17. The third-order valence-corrected chi connectivity index (χ3v) is 5.34. The number of allylic oxidation sites excluding steroid dienone is 1. The Balaban J connectivity index is 1.70. The summed E-state index contributed by atoms with van der Waals surface area (Å²) in [7, 11) is 0. The van der Waals surface area contributed by atoms with Crippen LogP contribution >= 0.6 is 11.8 Å². The van der Waals surface area contributed by atoms with Crippen LogP contribution in [0.15, 0.2) is 66.3 Å². The summed E-state index contributed by atoms with van der Waals surface area (Å²) >= 11 is 1.21. The van der Waals surface area contributed by atoms with Crippen molar-refractivity contribution >= 4 is 23.4 Å². The van der Waals surface area contributed by atoms with E-state index in [0.717, 1.165) is 0 Å². The lowest BCUT2D eigenvalue weighted by Crippen LogP contribution is -2.23. The molecule has 7 nitrogen and oxygen atoms in total. The Morgan fingerprint density at radius 1 is 1.32 bits per heavy atom. The molecule has 0 aliphatic carbocycles. The van der Waals surface area contributed by atoms with E-state index in [1.54, 1.807) is 54.0 Å². The summed E-state index contributed by atoms with van der Waals surface area (Å²) in [5, 5.41) is 20.2. The molecule has 0 spiro atoms. The highest BCUT2D eigenvalue weighted by molar-refractivity contribution is 8.00. The fraction of sp³-hybridized carbons (Fsp3) is 0.182. The summed E-state index contributed by atoms with van der Waals surface area (Å²) in [5.74, 6) is -0.137. The number of nitriles is 1. The van der Waals surface area contributed by atoms with Gasteiger partial charge in [-0.15, -0.1) is 16.8 Å². The number of thioether (sulfide) groups is 1. The average Bonchev–Trinajstić information content (AvgIpc) is 3.15. The van der Waals surface area contributed by atoms with Crippen LogP contribution in [0.5, 0.6) is 5.75 Å². The highest BCUT2D eigenvalue weighted by atomic mass is 32.2. The maximum absolute atomic E-state index is 13.8.